The van der Waals surface area contributed by atoms with Gasteiger partial charge in [-0.15, -0.1) is 0 Å². The number of anilines is 1. The van der Waals surface area contributed by atoms with Gasteiger partial charge < -0.3 is 11.1 Å². The van der Waals surface area contributed by atoms with Crippen molar-refractivity contribution in [3.63, 3.8) is 0 Å². The van der Waals surface area contributed by atoms with Crippen LogP contribution in [0.2, 0.25) is 0 Å². The number of carbonyl (C=O) groups excluding carboxylic acids is 1. The first kappa shape index (κ1) is 13.1. The highest BCUT2D eigenvalue weighted by molar-refractivity contribution is 5.95. The highest BCUT2D eigenvalue weighted by atomic mass is 16.2. The lowest BCUT2D eigenvalue weighted by Crippen LogP contribution is -2.39. The fraction of sp³-hybridized carbons (Fsp3) is 0.533. The summed E-state index contributed by atoms with van der Waals surface area (Å²) in [5.41, 5.74) is 8.92. The van der Waals surface area contributed by atoms with Gasteiger partial charge >= 0.3 is 0 Å². The van der Waals surface area contributed by atoms with E-state index >= 15 is 0 Å². The molecular formula is C15H22N2O. The van der Waals surface area contributed by atoms with E-state index in [4.69, 9.17) is 5.73 Å². The summed E-state index contributed by atoms with van der Waals surface area (Å²) in [7, 11) is 0. The summed E-state index contributed by atoms with van der Waals surface area (Å²) in [5, 5.41) is 3.00. The second-order valence-corrected chi connectivity index (χ2v) is 5.41. The first-order valence-corrected chi connectivity index (χ1v) is 6.72. The Balaban J connectivity index is 2.12. The van der Waals surface area contributed by atoms with Gasteiger partial charge in [-0.05, 0) is 55.9 Å². The van der Waals surface area contributed by atoms with Crippen LogP contribution < -0.4 is 11.1 Å². The molecule has 18 heavy (non-hydrogen) atoms. The molecular weight excluding hydrogens is 224 g/mol. The molecule has 0 bridgehead atoms. The number of hydrogen-bond acceptors (Lipinski definition) is 2. The quantitative estimate of drug-likeness (QED) is 0.857. The number of benzene rings is 1. The molecule has 98 valence electrons. The van der Waals surface area contributed by atoms with Gasteiger partial charge in [0, 0.05) is 12.2 Å². The number of aryl methyl sites for hydroxylation is 2. The third-order valence-electron chi connectivity index (χ3n) is 4.14. The molecule has 1 atom stereocenters. The van der Waals surface area contributed by atoms with Gasteiger partial charge in [0.15, 0.2) is 0 Å². The zero-order valence-corrected chi connectivity index (χ0v) is 11.3. The maximum atomic E-state index is 12.2. The molecule has 1 amide bonds. The highest BCUT2D eigenvalue weighted by Crippen LogP contribution is 2.27. The molecule has 1 aliphatic carbocycles. The van der Waals surface area contributed by atoms with Gasteiger partial charge in [-0.25, -0.2) is 0 Å². The summed E-state index contributed by atoms with van der Waals surface area (Å²) in [6.07, 6.45) is 4.27. The van der Waals surface area contributed by atoms with E-state index in [0.29, 0.717) is 6.54 Å². The third-order valence-corrected chi connectivity index (χ3v) is 4.14. The van der Waals surface area contributed by atoms with Gasteiger partial charge in [0.25, 0.3) is 0 Å². The number of carbonyl (C=O) groups is 1. The van der Waals surface area contributed by atoms with E-state index in [1.54, 1.807) is 0 Å². The summed E-state index contributed by atoms with van der Waals surface area (Å²) in [4.78, 5) is 12.2. The lowest BCUT2D eigenvalue weighted by molar-refractivity contribution is -0.124. The molecule has 0 saturated carbocycles. The zero-order valence-electron chi connectivity index (χ0n) is 11.3. The van der Waals surface area contributed by atoms with Crippen LogP contribution in [-0.2, 0) is 17.6 Å². The van der Waals surface area contributed by atoms with Crippen molar-refractivity contribution in [2.24, 2.45) is 11.1 Å². The van der Waals surface area contributed by atoms with Gasteiger partial charge in [-0.1, -0.05) is 13.0 Å². The molecule has 3 nitrogen and oxygen atoms in total. The predicted molar refractivity (Wildman–Crippen MR) is 74.5 cm³/mol. The molecule has 0 heterocycles. The molecule has 0 fully saturated rings. The SMILES string of the molecule is CCC(C)(CN)C(=O)Nc1ccc2c(c1)CCC2. The number of fused-ring (bicyclic) bond motifs is 1. The first-order valence-electron chi connectivity index (χ1n) is 6.72. The molecule has 1 unspecified atom stereocenters. The van der Waals surface area contributed by atoms with Crippen LogP contribution in [0.5, 0.6) is 0 Å². The number of nitrogens with one attached hydrogen (secondary N) is 1. The van der Waals surface area contributed by atoms with Crippen LogP contribution in [0.25, 0.3) is 0 Å². The molecule has 1 aliphatic rings. The smallest absolute Gasteiger partial charge is 0.231 e. The van der Waals surface area contributed by atoms with E-state index in [-0.39, 0.29) is 5.91 Å². The monoisotopic (exact) mass is 246 g/mol. The maximum absolute atomic E-state index is 12.2. The van der Waals surface area contributed by atoms with E-state index in [2.05, 4.69) is 17.4 Å². The Morgan fingerprint density at radius 2 is 2.11 bits per heavy atom. The van der Waals surface area contributed by atoms with Gasteiger partial charge in [-0.2, -0.15) is 0 Å². The van der Waals surface area contributed by atoms with Crippen molar-refractivity contribution < 1.29 is 4.79 Å². The topological polar surface area (TPSA) is 55.1 Å². The minimum absolute atomic E-state index is 0.0189. The van der Waals surface area contributed by atoms with Crippen LogP contribution >= 0.6 is 0 Å². The van der Waals surface area contributed by atoms with Crippen LogP contribution in [0.15, 0.2) is 18.2 Å². The Morgan fingerprint density at radius 3 is 2.78 bits per heavy atom. The Labute approximate surface area is 109 Å². The third kappa shape index (κ3) is 2.41. The number of amides is 1. The van der Waals surface area contributed by atoms with Gasteiger partial charge in [0.2, 0.25) is 5.91 Å². The second-order valence-electron chi connectivity index (χ2n) is 5.41. The number of hydrogen-bond donors (Lipinski definition) is 2. The normalized spacial score (nSPS) is 17.1. The Hall–Kier alpha value is -1.35. The molecule has 1 aromatic rings. The summed E-state index contributed by atoms with van der Waals surface area (Å²) < 4.78 is 0. The van der Waals surface area contributed by atoms with E-state index in [0.717, 1.165) is 18.5 Å². The molecule has 0 aliphatic heterocycles. The van der Waals surface area contributed by atoms with E-state index < -0.39 is 5.41 Å². The van der Waals surface area contributed by atoms with E-state index in [1.165, 1.54) is 24.0 Å². The molecule has 2 rings (SSSR count). The average Bonchev–Trinajstić information content (AvgIpc) is 2.85. The molecule has 0 spiro atoms. The maximum Gasteiger partial charge on any atom is 0.231 e. The van der Waals surface area contributed by atoms with Crippen molar-refractivity contribution in [1.82, 2.24) is 0 Å². The zero-order chi connectivity index (χ0) is 13.2. The largest absolute Gasteiger partial charge is 0.329 e. The van der Waals surface area contributed by atoms with Gasteiger partial charge in [0.1, 0.15) is 0 Å². The lowest BCUT2D eigenvalue weighted by atomic mass is 9.86. The van der Waals surface area contributed by atoms with Crippen LogP contribution in [0.1, 0.15) is 37.8 Å². The van der Waals surface area contributed by atoms with Gasteiger partial charge in [0.05, 0.1) is 5.41 Å². The molecule has 1 aromatic carbocycles. The van der Waals surface area contributed by atoms with E-state index in [1.807, 2.05) is 19.9 Å². The summed E-state index contributed by atoms with van der Waals surface area (Å²) in [5.74, 6) is 0.0189. The minimum Gasteiger partial charge on any atom is -0.329 e. The van der Waals surface area contributed by atoms with Gasteiger partial charge in [-0.3, -0.25) is 4.79 Å². The lowest BCUT2D eigenvalue weighted by Gasteiger charge is -2.25. The summed E-state index contributed by atoms with van der Waals surface area (Å²) in [6, 6.07) is 6.23. The van der Waals surface area contributed by atoms with Crippen molar-refractivity contribution in [2.75, 3.05) is 11.9 Å². The number of rotatable bonds is 4. The van der Waals surface area contributed by atoms with Crippen molar-refractivity contribution in [3.05, 3.63) is 29.3 Å². The van der Waals surface area contributed by atoms with Crippen LogP contribution in [0.3, 0.4) is 0 Å². The molecule has 0 radical (unpaired) electrons. The molecule has 3 N–H and O–H groups in total. The Morgan fingerprint density at radius 1 is 1.39 bits per heavy atom. The predicted octanol–water partition coefficient (Wildman–Crippen LogP) is 2.49. The fourth-order valence-electron chi connectivity index (χ4n) is 2.33. The molecule has 0 saturated heterocycles. The van der Waals surface area contributed by atoms with Crippen LogP contribution in [-0.4, -0.2) is 12.5 Å². The van der Waals surface area contributed by atoms with Crippen molar-refractivity contribution in [1.29, 1.82) is 0 Å². The molecule has 0 aromatic heterocycles. The minimum atomic E-state index is -0.473. The van der Waals surface area contributed by atoms with Crippen molar-refractivity contribution in [3.8, 4) is 0 Å². The van der Waals surface area contributed by atoms with Crippen molar-refractivity contribution >= 4 is 11.6 Å². The second kappa shape index (κ2) is 5.11. The summed E-state index contributed by atoms with van der Waals surface area (Å²) in [6.45, 7) is 4.28. The first-order chi connectivity index (χ1) is 8.59. The fourth-order valence-corrected chi connectivity index (χ4v) is 2.33. The Kier molecular flexibility index (Phi) is 3.71. The highest BCUT2D eigenvalue weighted by Gasteiger charge is 2.29. The van der Waals surface area contributed by atoms with Crippen LogP contribution in [0.4, 0.5) is 5.69 Å². The van der Waals surface area contributed by atoms with E-state index in [9.17, 15) is 4.79 Å². The molecule has 3 heteroatoms. The average molecular weight is 246 g/mol. The standard InChI is InChI=1S/C15H22N2O/c1-3-15(2,10-16)14(18)17-13-8-7-11-5-4-6-12(11)9-13/h7-9H,3-6,10,16H2,1-2H3,(H,17,18). The van der Waals surface area contributed by atoms with Crippen LogP contribution in [0, 0.1) is 5.41 Å². The van der Waals surface area contributed by atoms with Crippen molar-refractivity contribution in [2.45, 2.75) is 39.5 Å². The summed E-state index contributed by atoms with van der Waals surface area (Å²) >= 11 is 0. The number of nitrogens with two attached hydrogens (primary N) is 1. The Bertz CT molecular complexity index is 450.